The third-order valence-corrected chi connectivity index (χ3v) is 9.38. The number of carbonyl (C=O) groups excluding carboxylic acids is 4. The van der Waals surface area contributed by atoms with Crippen molar-refractivity contribution in [1.82, 2.24) is 4.98 Å². The minimum absolute atomic E-state index is 0.0123. The van der Waals surface area contributed by atoms with Crippen LogP contribution in [0.15, 0.2) is 28.4 Å². The molecule has 11 heteroatoms. The van der Waals surface area contributed by atoms with Crippen molar-refractivity contribution in [2.45, 2.75) is 58.7 Å². The predicted octanol–water partition coefficient (Wildman–Crippen LogP) is 4.45. The maximum atomic E-state index is 14.1. The van der Waals surface area contributed by atoms with E-state index in [0.29, 0.717) is 30.6 Å². The molecular formula is C26H30N2O8S. The molecule has 1 saturated heterocycles. The zero-order valence-corrected chi connectivity index (χ0v) is 22.0. The fourth-order valence-electron chi connectivity index (χ4n) is 6.95. The Bertz CT molecular complexity index is 1230. The molecule has 0 unspecified atom stereocenters. The molecule has 2 saturated carbocycles. The molecule has 2 aliphatic carbocycles. The zero-order valence-electron chi connectivity index (χ0n) is 21.1. The Hall–Kier alpha value is -3.21. The van der Waals surface area contributed by atoms with Crippen LogP contribution >= 0.6 is 11.3 Å². The third-order valence-electron chi connectivity index (χ3n) is 8.60. The Morgan fingerprint density at radius 3 is 2.68 bits per heavy atom. The van der Waals surface area contributed by atoms with Crippen molar-refractivity contribution < 1.29 is 37.8 Å². The summed E-state index contributed by atoms with van der Waals surface area (Å²) in [5.41, 5.74) is -0.909. The topological polar surface area (TPSA) is 134 Å². The lowest BCUT2D eigenvalue weighted by molar-refractivity contribution is -0.207. The van der Waals surface area contributed by atoms with Gasteiger partial charge in [-0.15, -0.1) is 11.3 Å². The number of Topliss-reactive ketones (excluding diaryl/α,β-unsaturated/α-hetero) is 1. The second-order valence-corrected chi connectivity index (χ2v) is 11.8. The lowest BCUT2D eigenvalue weighted by Gasteiger charge is -2.60. The van der Waals surface area contributed by atoms with Gasteiger partial charge in [-0.05, 0) is 43.1 Å². The number of aryl methyl sites for hydroxylation is 1. The number of methoxy groups -OCH3 is 1. The first-order chi connectivity index (χ1) is 17.6. The number of thiazole rings is 1. The Labute approximate surface area is 218 Å². The summed E-state index contributed by atoms with van der Waals surface area (Å²) in [4.78, 5) is 57.3. The number of nitrogens with zero attached hydrogens (tertiary/aromatic N) is 1. The summed E-state index contributed by atoms with van der Waals surface area (Å²) >= 11 is 1.37. The van der Waals surface area contributed by atoms with E-state index in [1.54, 1.807) is 18.4 Å². The zero-order chi connectivity index (χ0) is 26.5. The van der Waals surface area contributed by atoms with Crippen LogP contribution in [-0.4, -0.2) is 42.0 Å². The summed E-state index contributed by atoms with van der Waals surface area (Å²) in [7, 11) is 1.31. The number of nitrogens with one attached hydrogen (secondary N) is 1. The van der Waals surface area contributed by atoms with Crippen LogP contribution in [0.25, 0.3) is 0 Å². The van der Waals surface area contributed by atoms with Gasteiger partial charge in [0.2, 0.25) is 0 Å². The summed E-state index contributed by atoms with van der Waals surface area (Å²) < 4.78 is 21.7. The van der Waals surface area contributed by atoms with E-state index in [1.165, 1.54) is 31.0 Å². The van der Waals surface area contributed by atoms with Crippen molar-refractivity contribution in [2.75, 3.05) is 12.4 Å². The molecule has 3 aliphatic rings. The molecule has 7 atom stereocenters. The number of fused-ring (bicyclic) bond motifs is 3. The summed E-state index contributed by atoms with van der Waals surface area (Å²) in [6, 6.07) is 1.74. The first-order valence-corrected chi connectivity index (χ1v) is 13.2. The van der Waals surface area contributed by atoms with Gasteiger partial charge in [-0.1, -0.05) is 13.8 Å². The van der Waals surface area contributed by atoms with Crippen LogP contribution in [0.5, 0.6) is 0 Å². The van der Waals surface area contributed by atoms with E-state index in [2.05, 4.69) is 10.3 Å². The Morgan fingerprint density at radius 1 is 1.24 bits per heavy atom. The van der Waals surface area contributed by atoms with E-state index in [1.807, 2.05) is 13.8 Å². The molecule has 3 heterocycles. The van der Waals surface area contributed by atoms with Crippen LogP contribution in [0.3, 0.4) is 0 Å². The van der Waals surface area contributed by atoms with E-state index < -0.39 is 52.9 Å². The predicted molar refractivity (Wildman–Crippen MR) is 130 cm³/mol. The van der Waals surface area contributed by atoms with Crippen LogP contribution in [0.2, 0.25) is 0 Å². The average Bonchev–Trinajstić information content (AvgIpc) is 3.51. The number of carbonyl (C=O) groups is 4. The Morgan fingerprint density at radius 2 is 2.03 bits per heavy atom. The van der Waals surface area contributed by atoms with Crippen LogP contribution in [-0.2, 0) is 28.6 Å². The molecular weight excluding hydrogens is 500 g/mol. The van der Waals surface area contributed by atoms with Crippen molar-refractivity contribution in [3.8, 4) is 0 Å². The van der Waals surface area contributed by atoms with Gasteiger partial charge >= 0.3 is 18.0 Å². The SMILES string of the molecule is COC(=O)[C@@H]1C[C@H](OC(=O)Nc2csc(C)n2)C(=O)[C@H]2[C@@]1(C)CC[C@H]1C(=O)O[C@H](c3ccoc3)C[C@]21C. The molecule has 0 bridgehead atoms. The first-order valence-electron chi connectivity index (χ1n) is 12.3. The molecule has 3 fully saturated rings. The first kappa shape index (κ1) is 25.4. The van der Waals surface area contributed by atoms with E-state index in [-0.39, 0.29) is 18.2 Å². The van der Waals surface area contributed by atoms with Crippen LogP contribution in [0.1, 0.15) is 56.2 Å². The number of furan rings is 1. The highest BCUT2D eigenvalue weighted by molar-refractivity contribution is 7.09. The van der Waals surface area contributed by atoms with Crippen molar-refractivity contribution in [2.24, 2.45) is 28.6 Å². The van der Waals surface area contributed by atoms with E-state index in [0.717, 1.165) is 5.01 Å². The highest BCUT2D eigenvalue weighted by Crippen LogP contribution is 2.65. The van der Waals surface area contributed by atoms with Gasteiger partial charge in [0.25, 0.3) is 0 Å². The normalized spacial score (nSPS) is 35.1. The van der Waals surface area contributed by atoms with Gasteiger partial charge in [0.05, 0.1) is 36.5 Å². The van der Waals surface area contributed by atoms with Crippen LogP contribution in [0, 0.1) is 35.5 Å². The lowest BCUT2D eigenvalue weighted by Crippen LogP contribution is -2.64. The number of rotatable bonds is 4. The quantitative estimate of drug-likeness (QED) is 0.449. The summed E-state index contributed by atoms with van der Waals surface area (Å²) in [5.74, 6) is -2.75. The van der Waals surface area contributed by atoms with Crippen LogP contribution in [0.4, 0.5) is 10.6 Å². The van der Waals surface area contributed by atoms with Crippen molar-refractivity contribution in [1.29, 1.82) is 0 Å². The standard InChI is InChI=1S/C26H30N2O8S/c1-13-27-19(12-37-13)28-24(32)36-17-9-16(22(30)33-4)25(2)7-5-15-23(31)35-18(14-6-8-34-11-14)10-26(15,3)21(25)20(17)29/h6,8,11-12,15-18,21H,5,7,9-10H2,1-4H3,(H,28,32)/t15-,16-,17-,18-,21-,25-,26-/m0/s1. The average molecular weight is 531 g/mol. The van der Waals surface area contributed by atoms with Gasteiger partial charge in [0.1, 0.15) is 11.9 Å². The van der Waals surface area contributed by atoms with Gasteiger partial charge in [0, 0.05) is 23.3 Å². The van der Waals surface area contributed by atoms with Crippen LogP contribution < -0.4 is 5.32 Å². The molecule has 10 nitrogen and oxygen atoms in total. The molecule has 2 aromatic rings. The maximum absolute atomic E-state index is 14.1. The Kier molecular flexibility index (Phi) is 6.37. The number of anilines is 1. The van der Waals surface area contributed by atoms with Gasteiger partial charge in [-0.2, -0.15) is 0 Å². The molecule has 0 spiro atoms. The number of aromatic nitrogens is 1. The van der Waals surface area contributed by atoms with Gasteiger partial charge < -0.3 is 18.6 Å². The number of esters is 2. The van der Waals surface area contributed by atoms with Gasteiger partial charge in [-0.25, -0.2) is 9.78 Å². The van der Waals surface area contributed by atoms with E-state index in [4.69, 9.17) is 18.6 Å². The third kappa shape index (κ3) is 4.22. The van der Waals surface area contributed by atoms with Gasteiger partial charge in [-0.3, -0.25) is 19.7 Å². The molecule has 1 amide bonds. The Balaban J connectivity index is 1.49. The lowest BCUT2D eigenvalue weighted by atomic mass is 9.43. The second-order valence-electron chi connectivity index (χ2n) is 10.7. The smallest absolute Gasteiger partial charge is 0.413 e. The number of ether oxygens (including phenoxy) is 3. The highest BCUT2D eigenvalue weighted by Gasteiger charge is 2.67. The van der Waals surface area contributed by atoms with Gasteiger partial charge in [0.15, 0.2) is 11.9 Å². The minimum Gasteiger partial charge on any atom is -0.472 e. The molecule has 0 aromatic carbocycles. The van der Waals surface area contributed by atoms with E-state index >= 15 is 0 Å². The molecule has 1 N–H and O–H groups in total. The number of ketones is 1. The molecule has 198 valence electrons. The molecule has 5 rings (SSSR count). The fraction of sp³-hybridized carbons (Fsp3) is 0.577. The largest absolute Gasteiger partial charge is 0.472 e. The molecule has 37 heavy (non-hydrogen) atoms. The molecule has 2 aromatic heterocycles. The monoisotopic (exact) mass is 530 g/mol. The summed E-state index contributed by atoms with van der Waals surface area (Å²) in [6.07, 6.45) is 1.78. The highest BCUT2D eigenvalue weighted by atomic mass is 32.1. The van der Waals surface area contributed by atoms with Crippen molar-refractivity contribution in [3.05, 3.63) is 34.5 Å². The summed E-state index contributed by atoms with van der Waals surface area (Å²) in [6.45, 7) is 5.64. The summed E-state index contributed by atoms with van der Waals surface area (Å²) in [5, 5.41) is 4.99. The van der Waals surface area contributed by atoms with E-state index in [9.17, 15) is 19.2 Å². The van der Waals surface area contributed by atoms with Crippen molar-refractivity contribution >= 4 is 41.0 Å². The maximum Gasteiger partial charge on any atom is 0.413 e. The number of cyclic esters (lactones) is 1. The minimum atomic E-state index is -1.18. The second kappa shape index (κ2) is 9.27. The fourth-order valence-corrected chi connectivity index (χ4v) is 7.49. The molecule has 0 radical (unpaired) electrons. The number of hydrogen-bond donors (Lipinski definition) is 1. The number of hydrogen-bond acceptors (Lipinski definition) is 10. The van der Waals surface area contributed by atoms with Crippen molar-refractivity contribution in [3.63, 3.8) is 0 Å². The number of amides is 1. The molecule has 1 aliphatic heterocycles.